The summed E-state index contributed by atoms with van der Waals surface area (Å²) in [4.78, 5) is 21.9. The molecule has 2 amide bonds. The van der Waals surface area contributed by atoms with E-state index in [1.807, 2.05) is 6.92 Å². The molecule has 0 aliphatic rings. The van der Waals surface area contributed by atoms with Crippen molar-refractivity contribution in [2.75, 3.05) is 7.05 Å². The summed E-state index contributed by atoms with van der Waals surface area (Å²) in [5.41, 5.74) is 0. The van der Waals surface area contributed by atoms with Crippen molar-refractivity contribution in [3.63, 3.8) is 0 Å². The van der Waals surface area contributed by atoms with E-state index in [1.54, 1.807) is 0 Å². The molecule has 1 N–H and O–H groups in total. The summed E-state index contributed by atoms with van der Waals surface area (Å²) in [6.07, 6.45) is 2.03. The summed E-state index contributed by atoms with van der Waals surface area (Å²) in [5, 5.41) is 0. The molecule has 4 nitrogen and oxygen atoms in total. The molecular weight excluding hydrogens is 231 g/mol. The Morgan fingerprint density at radius 1 is 1.44 bits per heavy atom. The van der Waals surface area contributed by atoms with Crippen LogP contribution in [0.25, 0.3) is 0 Å². The van der Waals surface area contributed by atoms with Crippen molar-refractivity contribution < 1.29 is 14.0 Å². The number of hydrogen-bond donors (Lipinski definition) is 1. The Labute approximate surface area is 100 Å². The highest BCUT2D eigenvalue weighted by Gasteiger charge is 2.17. The Kier molecular flexibility index (Phi) is 7.97. The molecule has 0 spiro atoms. The maximum Gasteiger partial charge on any atom is 0.411 e. The Hall–Kier alpha value is -0.780. The first-order valence-corrected chi connectivity index (χ1v) is 6.20. The van der Waals surface area contributed by atoms with E-state index in [9.17, 15) is 14.0 Å². The van der Waals surface area contributed by atoms with Crippen LogP contribution in [0.3, 0.4) is 0 Å². The van der Waals surface area contributed by atoms with Crippen molar-refractivity contribution in [2.45, 2.75) is 39.5 Å². The molecule has 6 heteroatoms. The van der Waals surface area contributed by atoms with Gasteiger partial charge in [-0.15, -0.1) is 4.39 Å². The van der Waals surface area contributed by atoms with Crippen LogP contribution in [-0.4, -0.2) is 23.4 Å². The summed E-state index contributed by atoms with van der Waals surface area (Å²) in [6.45, 7) is 4.00. The Bertz CT molecular complexity index is 239. The topological polar surface area (TPSA) is 49.4 Å². The standard InChI is InChI=1S/C10H19FN2O2S/c1-4-6-7-8(5-2)9(14)12-16-13(3)10(11)15/h8H,4-7H2,1-3H3,(H,12,14). The third-order valence-electron chi connectivity index (χ3n) is 2.30. The molecule has 1 atom stereocenters. The minimum Gasteiger partial charge on any atom is -0.282 e. The van der Waals surface area contributed by atoms with Gasteiger partial charge < -0.3 is 0 Å². The summed E-state index contributed by atoms with van der Waals surface area (Å²) < 4.78 is 15.4. The number of nitrogens with one attached hydrogen (secondary N) is 1. The number of amides is 2. The Morgan fingerprint density at radius 3 is 2.50 bits per heavy atom. The van der Waals surface area contributed by atoms with E-state index in [2.05, 4.69) is 11.6 Å². The Balaban J connectivity index is 3.96. The number of nitrogens with zero attached hydrogens (tertiary/aromatic N) is 1. The third kappa shape index (κ3) is 5.95. The minimum absolute atomic E-state index is 0.0597. The fourth-order valence-electron chi connectivity index (χ4n) is 1.20. The first-order valence-electron chi connectivity index (χ1n) is 5.42. The molecule has 0 bridgehead atoms. The highest BCUT2D eigenvalue weighted by Crippen LogP contribution is 2.14. The predicted octanol–water partition coefficient (Wildman–Crippen LogP) is 2.90. The lowest BCUT2D eigenvalue weighted by Crippen LogP contribution is -2.29. The second-order valence-corrected chi connectivity index (χ2v) is 4.49. The summed E-state index contributed by atoms with van der Waals surface area (Å²) in [6, 6.07) is 0. The van der Waals surface area contributed by atoms with E-state index < -0.39 is 6.16 Å². The van der Waals surface area contributed by atoms with Gasteiger partial charge in [-0.1, -0.05) is 26.7 Å². The number of hydrogen-bond acceptors (Lipinski definition) is 3. The number of carbonyl (C=O) groups is 2. The van der Waals surface area contributed by atoms with Crippen LogP contribution >= 0.6 is 12.1 Å². The second-order valence-electron chi connectivity index (χ2n) is 3.56. The van der Waals surface area contributed by atoms with Crippen molar-refractivity contribution in [1.82, 2.24) is 9.03 Å². The van der Waals surface area contributed by atoms with Gasteiger partial charge in [0.05, 0.1) is 12.1 Å². The highest BCUT2D eigenvalue weighted by molar-refractivity contribution is 7.96. The van der Waals surface area contributed by atoms with E-state index in [-0.39, 0.29) is 11.8 Å². The largest absolute Gasteiger partial charge is 0.411 e. The molecule has 1 unspecified atom stereocenters. The van der Waals surface area contributed by atoms with Crippen molar-refractivity contribution in [3.05, 3.63) is 0 Å². The van der Waals surface area contributed by atoms with E-state index in [0.29, 0.717) is 12.1 Å². The minimum atomic E-state index is -1.58. The summed E-state index contributed by atoms with van der Waals surface area (Å²) in [5.74, 6) is -0.204. The van der Waals surface area contributed by atoms with Gasteiger partial charge in [0.25, 0.3) is 0 Å². The lowest BCUT2D eigenvalue weighted by Gasteiger charge is -2.16. The van der Waals surface area contributed by atoms with Gasteiger partial charge >= 0.3 is 6.16 Å². The van der Waals surface area contributed by atoms with Crippen molar-refractivity contribution in [1.29, 1.82) is 0 Å². The lowest BCUT2D eigenvalue weighted by molar-refractivity contribution is -0.123. The fraction of sp³-hybridized carbons (Fsp3) is 0.800. The highest BCUT2D eigenvalue weighted by atomic mass is 32.2. The molecule has 0 fully saturated rings. The van der Waals surface area contributed by atoms with Gasteiger partial charge in [0.1, 0.15) is 0 Å². The predicted molar refractivity (Wildman–Crippen MR) is 63.3 cm³/mol. The smallest absolute Gasteiger partial charge is 0.282 e. The summed E-state index contributed by atoms with van der Waals surface area (Å²) in [7, 11) is 1.26. The maximum absolute atomic E-state index is 12.1. The third-order valence-corrected chi connectivity index (χ3v) is 3.01. The van der Waals surface area contributed by atoms with Crippen LogP contribution < -0.4 is 4.72 Å². The SMILES string of the molecule is CCCCC(CC)C(=O)NSN(C)C(=O)F. The second kappa shape index (κ2) is 8.38. The maximum atomic E-state index is 12.1. The summed E-state index contributed by atoms with van der Waals surface area (Å²) >= 11 is 0.679. The van der Waals surface area contributed by atoms with Crippen LogP contribution in [0, 0.1) is 5.92 Å². The first-order chi connectivity index (χ1) is 7.52. The zero-order valence-corrected chi connectivity index (χ0v) is 10.8. The number of rotatable bonds is 7. The zero-order valence-electron chi connectivity index (χ0n) is 9.96. The quantitative estimate of drug-likeness (QED) is 0.429. The molecule has 0 aliphatic heterocycles. The van der Waals surface area contributed by atoms with Gasteiger partial charge in [-0.3, -0.25) is 9.52 Å². The molecule has 0 saturated carbocycles. The van der Waals surface area contributed by atoms with Crippen LogP contribution in [0.5, 0.6) is 0 Å². The molecule has 0 aromatic carbocycles. The Morgan fingerprint density at radius 2 is 2.06 bits per heavy atom. The molecule has 0 aromatic heterocycles. The zero-order chi connectivity index (χ0) is 12.6. The van der Waals surface area contributed by atoms with E-state index >= 15 is 0 Å². The number of halogens is 1. The van der Waals surface area contributed by atoms with Crippen LogP contribution in [0.4, 0.5) is 9.18 Å². The molecule has 94 valence electrons. The van der Waals surface area contributed by atoms with Crippen LogP contribution in [0.2, 0.25) is 0 Å². The normalized spacial score (nSPS) is 12.0. The van der Waals surface area contributed by atoms with Gasteiger partial charge in [-0.25, -0.2) is 9.10 Å². The monoisotopic (exact) mass is 250 g/mol. The van der Waals surface area contributed by atoms with Crippen LogP contribution in [-0.2, 0) is 4.79 Å². The molecular formula is C10H19FN2O2S. The number of unbranched alkanes of at least 4 members (excludes halogenated alkanes) is 1. The van der Waals surface area contributed by atoms with Gasteiger partial charge in [0, 0.05) is 13.0 Å². The fourth-order valence-corrected chi connectivity index (χ4v) is 1.67. The van der Waals surface area contributed by atoms with Crippen LogP contribution in [0.15, 0.2) is 0 Å². The van der Waals surface area contributed by atoms with Crippen molar-refractivity contribution >= 4 is 24.2 Å². The van der Waals surface area contributed by atoms with E-state index in [0.717, 1.165) is 30.0 Å². The lowest BCUT2D eigenvalue weighted by atomic mass is 9.99. The van der Waals surface area contributed by atoms with E-state index in [4.69, 9.17) is 0 Å². The average molecular weight is 250 g/mol. The van der Waals surface area contributed by atoms with Gasteiger partial charge in [-0.2, -0.15) is 0 Å². The van der Waals surface area contributed by atoms with Gasteiger partial charge in [0.2, 0.25) is 5.91 Å². The molecule has 0 saturated heterocycles. The average Bonchev–Trinajstić information content (AvgIpc) is 2.26. The molecule has 0 heterocycles. The van der Waals surface area contributed by atoms with E-state index in [1.165, 1.54) is 7.05 Å². The first kappa shape index (κ1) is 15.2. The van der Waals surface area contributed by atoms with Gasteiger partial charge in [0.15, 0.2) is 0 Å². The molecule has 0 aliphatic carbocycles. The van der Waals surface area contributed by atoms with Crippen molar-refractivity contribution in [3.8, 4) is 0 Å². The van der Waals surface area contributed by atoms with Crippen molar-refractivity contribution in [2.24, 2.45) is 5.92 Å². The molecule has 0 radical (unpaired) electrons. The van der Waals surface area contributed by atoms with Crippen LogP contribution in [0.1, 0.15) is 39.5 Å². The molecule has 0 aromatic rings. The molecule has 16 heavy (non-hydrogen) atoms. The molecule has 0 rings (SSSR count). The number of carbonyl (C=O) groups excluding carboxylic acids is 2. The van der Waals surface area contributed by atoms with Gasteiger partial charge in [-0.05, 0) is 12.8 Å².